The minimum Gasteiger partial charge on any atom is -0.326 e. The van der Waals surface area contributed by atoms with Crippen LogP contribution in [0.2, 0.25) is 0 Å². The summed E-state index contributed by atoms with van der Waals surface area (Å²) in [6.07, 6.45) is 0.891. The zero-order valence-corrected chi connectivity index (χ0v) is 20.5. The van der Waals surface area contributed by atoms with Crippen LogP contribution in [0.25, 0.3) is 0 Å². The molecule has 2 aromatic carbocycles. The second-order valence-corrected chi connectivity index (χ2v) is 11.1. The summed E-state index contributed by atoms with van der Waals surface area (Å²) >= 11 is 1.52. The average molecular weight is 486 g/mol. The van der Waals surface area contributed by atoms with E-state index in [2.05, 4.69) is 34.6 Å². The fraction of sp³-hybridized carbons (Fsp3) is 0.333. The molecule has 174 valence electrons. The summed E-state index contributed by atoms with van der Waals surface area (Å²) in [5, 5.41) is 3.47. The molecular weight excluding hydrogens is 456 g/mol. The van der Waals surface area contributed by atoms with Crippen LogP contribution in [0.5, 0.6) is 0 Å². The third-order valence-electron chi connectivity index (χ3n) is 5.88. The van der Waals surface area contributed by atoms with Crippen molar-refractivity contribution in [1.82, 2.24) is 9.29 Å². The number of amides is 1. The number of anilines is 1. The molecule has 0 radical (unpaired) electrons. The maximum Gasteiger partial charge on any atom is 0.257 e. The Morgan fingerprint density at radius 3 is 2.45 bits per heavy atom. The monoisotopic (exact) mass is 485 g/mol. The third-order valence-corrected chi connectivity index (χ3v) is 8.96. The molecule has 1 aromatic heterocycles. The number of carbonyl (C=O) groups is 1. The van der Waals surface area contributed by atoms with Gasteiger partial charge in [-0.3, -0.25) is 10.1 Å². The largest absolute Gasteiger partial charge is 0.326 e. The van der Waals surface area contributed by atoms with Gasteiger partial charge in [0.05, 0.1) is 22.0 Å². The molecule has 0 saturated heterocycles. The molecule has 2 heterocycles. The Balaban J connectivity index is 1.41. The standard InChI is InChI=1S/C24H28N4O3S2/c1-3-28(4-2)33(30,31)20-12-10-19(11-13-20)23(29)26-24-25-21-14-15-27(17-22(21)32-24)16-18-8-6-5-7-9-18/h5-13H,3-4,14-17H2,1-2H3,(H,25,26,29)/p+1. The van der Waals surface area contributed by atoms with Crippen LogP contribution < -0.4 is 10.2 Å². The van der Waals surface area contributed by atoms with E-state index in [9.17, 15) is 13.2 Å². The van der Waals surface area contributed by atoms with E-state index in [1.165, 1.54) is 43.1 Å². The Labute approximate surface area is 199 Å². The van der Waals surface area contributed by atoms with E-state index in [1.54, 1.807) is 26.0 Å². The molecule has 9 heteroatoms. The predicted molar refractivity (Wildman–Crippen MR) is 130 cm³/mol. The van der Waals surface area contributed by atoms with Crippen molar-refractivity contribution in [3.63, 3.8) is 0 Å². The smallest absolute Gasteiger partial charge is 0.257 e. The number of nitrogens with one attached hydrogen (secondary N) is 2. The van der Waals surface area contributed by atoms with Crippen molar-refractivity contribution >= 4 is 32.4 Å². The fourth-order valence-electron chi connectivity index (χ4n) is 4.08. The lowest BCUT2D eigenvalue weighted by Crippen LogP contribution is -3.10. The van der Waals surface area contributed by atoms with Gasteiger partial charge in [-0.05, 0) is 24.3 Å². The number of hydrogen-bond acceptors (Lipinski definition) is 5. The summed E-state index contributed by atoms with van der Waals surface area (Å²) in [6, 6.07) is 16.5. The molecule has 4 rings (SSSR count). The van der Waals surface area contributed by atoms with Crippen LogP contribution in [-0.2, 0) is 29.5 Å². The Hall–Kier alpha value is -2.59. The van der Waals surface area contributed by atoms with Gasteiger partial charge >= 0.3 is 0 Å². The number of benzene rings is 2. The normalized spacial score (nSPS) is 15.9. The third kappa shape index (κ3) is 5.33. The van der Waals surface area contributed by atoms with Gasteiger partial charge < -0.3 is 4.90 Å². The summed E-state index contributed by atoms with van der Waals surface area (Å²) in [5.41, 5.74) is 2.78. The molecule has 3 aromatic rings. The first-order valence-electron chi connectivity index (χ1n) is 11.2. The van der Waals surface area contributed by atoms with Gasteiger partial charge in [-0.25, -0.2) is 13.4 Å². The Kier molecular flexibility index (Phi) is 7.23. The lowest BCUT2D eigenvalue weighted by atomic mass is 10.1. The second kappa shape index (κ2) is 10.1. The maximum absolute atomic E-state index is 12.7. The van der Waals surface area contributed by atoms with Crippen molar-refractivity contribution < 1.29 is 18.1 Å². The minimum atomic E-state index is -3.54. The van der Waals surface area contributed by atoms with Crippen LogP contribution in [0.4, 0.5) is 5.13 Å². The molecule has 33 heavy (non-hydrogen) atoms. The van der Waals surface area contributed by atoms with E-state index >= 15 is 0 Å². The van der Waals surface area contributed by atoms with Crippen LogP contribution in [-0.4, -0.2) is 43.2 Å². The highest BCUT2D eigenvalue weighted by atomic mass is 32.2. The molecule has 1 aliphatic rings. The first kappa shape index (κ1) is 23.6. The summed E-state index contributed by atoms with van der Waals surface area (Å²) in [7, 11) is -3.54. The molecule has 0 saturated carbocycles. The van der Waals surface area contributed by atoms with Gasteiger partial charge in [-0.1, -0.05) is 55.5 Å². The lowest BCUT2D eigenvalue weighted by molar-refractivity contribution is -0.929. The van der Waals surface area contributed by atoms with Gasteiger partial charge in [0.2, 0.25) is 10.0 Å². The van der Waals surface area contributed by atoms with Crippen molar-refractivity contribution in [3.05, 3.63) is 76.3 Å². The number of carbonyl (C=O) groups excluding carboxylic acids is 1. The first-order valence-corrected chi connectivity index (χ1v) is 13.4. The average Bonchev–Trinajstić information content (AvgIpc) is 3.22. The van der Waals surface area contributed by atoms with Crippen LogP contribution in [0.3, 0.4) is 0 Å². The van der Waals surface area contributed by atoms with Gasteiger partial charge in [0, 0.05) is 30.6 Å². The molecule has 1 amide bonds. The topological polar surface area (TPSA) is 83.8 Å². The van der Waals surface area contributed by atoms with Crippen LogP contribution in [0.15, 0.2) is 59.5 Å². The van der Waals surface area contributed by atoms with E-state index in [4.69, 9.17) is 0 Å². The molecule has 7 nitrogen and oxygen atoms in total. The number of nitrogens with zero attached hydrogens (tertiary/aromatic N) is 2. The van der Waals surface area contributed by atoms with E-state index in [-0.39, 0.29) is 10.8 Å². The highest BCUT2D eigenvalue weighted by Crippen LogP contribution is 2.25. The van der Waals surface area contributed by atoms with Crippen LogP contribution >= 0.6 is 11.3 Å². The molecule has 1 aliphatic heterocycles. The number of sulfonamides is 1. The summed E-state index contributed by atoms with van der Waals surface area (Å²) in [6.45, 7) is 7.30. The van der Waals surface area contributed by atoms with Crippen molar-refractivity contribution in [2.45, 2.75) is 38.3 Å². The highest BCUT2D eigenvalue weighted by molar-refractivity contribution is 7.89. The number of fused-ring (bicyclic) bond motifs is 1. The number of quaternary nitrogens is 1. The number of aromatic nitrogens is 1. The minimum absolute atomic E-state index is 0.189. The second-order valence-electron chi connectivity index (χ2n) is 8.05. The molecule has 0 aliphatic carbocycles. The Morgan fingerprint density at radius 1 is 1.09 bits per heavy atom. The molecular formula is C24H29N4O3S2+. The molecule has 0 spiro atoms. The fourth-order valence-corrected chi connectivity index (χ4v) is 6.61. The van der Waals surface area contributed by atoms with E-state index in [1.807, 2.05) is 6.07 Å². The van der Waals surface area contributed by atoms with Crippen LogP contribution in [0.1, 0.15) is 40.3 Å². The van der Waals surface area contributed by atoms with Gasteiger partial charge in [0.15, 0.2) is 5.13 Å². The van der Waals surface area contributed by atoms with E-state index in [0.717, 1.165) is 31.7 Å². The SMILES string of the molecule is CCN(CC)S(=O)(=O)c1ccc(C(=O)Nc2nc3c(s2)C[NH+](Cc2ccccc2)CC3)cc1. The van der Waals surface area contributed by atoms with Crippen molar-refractivity contribution in [3.8, 4) is 0 Å². The summed E-state index contributed by atoms with van der Waals surface area (Å²) in [4.78, 5) is 20.2. The van der Waals surface area contributed by atoms with Gasteiger partial charge in [0.1, 0.15) is 13.1 Å². The molecule has 0 fully saturated rings. The number of hydrogen-bond donors (Lipinski definition) is 2. The zero-order valence-electron chi connectivity index (χ0n) is 18.9. The Morgan fingerprint density at radius 2 is 1.79 bits per heavy atom. The first-order chi connectivity index (χ1) is 15.9. The lowest BCUT2D eigenvalue weighted by Gasteiger charge is -2.22. The van der Waals surface area contributed by atoms with Crippen molar-refractivity contribution in [2.24, 2.45) is 0 Å². The van der Waals surface area contributed by atoms with Crippen molar-refractivity contribution in [1.29, 1.82) is 0 Å². The summed E-state index contributed by atoms with van der Waals surface area (Å²) < 4.78 is 26.7. The van der Waals surface area contributed by atoms with Gasteiger partial charge in [-0.2, -0.15) is 4.31 Å². The Bertz CT molecular complexity index is 1200. The number of thiazole rings is 1. The molecule has 2 N–H and O–H groups in total. The van der Waals surface area contributed by atoms with Crippen molar-refractivity contribution in [2.75, 3.05) is 25.0 Å². The maximum atomic E-state index is 12.7. The number of rotatable bonds is 8. The predicted octanol–water partition coefficient (Wildman–Crippen LogP) is 2.57. The van der Waals surface area contributed by atoms with E-state index < -0.39 is 10.0 Å². The van der Waals surface area contributed by atoms with Gasteiger partial charge in [0.25, 0.3) is 5.91 Å². The highest BCUT2D eigenvalue weighted by Gasteiger charge is 2.25. The van der Waals surface area contributed by atoms with E-state index in [0.29, 0.717) is 23.8 Å². The van der Waals surface area contributed by atoms with Gasteiger partial charge in [-0.15, -0.1) is 0 Å². The molecule has 1 atom stereocenters. The zero-order chi connectivity index (χ0) is 23.4. The molecule has 0 bridgehead atoms. The van der Waals surface area contributed by atoms with Crippen LogP contribution in [0, 0.1) is 0 Å². The quantitative estimate of drug-likeness (QED) is 0.514. The molecule has 1 unspecified atom stereocenters. The summed E-state index contributed by atoms with van der Waals surface area (Å²) in [5.74, 6) is -0.290.